The van der Waals surface area contributed by atoms with Crippen LogP contribution in [0.25, 0.3) is 0 Å². The van der Waals surface area contributed by atoms with Gasteiger partial charge in [-0.3, -0.25) is 9.69 Å². The van der Waals surface area contributed by atoms with Gasteiger partial charge in [0.15, 0.2) is 0 Å². The fraction of sp³-hybridized carbons (Fsp3) is 0.533. The number of nitrogen functional groups attached to an aromatic ring is 1. The molecule has 2 rings (SSSR count). The maximum absolute atomic E-state index is 12.1. The number of hydrogen-bond acceptors (Lipinski definition) is 4. The van der Waals surface area contributed by atoms with Crippen molar-refractivity contribution < 1.29 is 9.53 Å². The van der Waals surface area contributed by atoms with Gasteiger partial charge >= 0.3 is 0 Å². The summed E-state index contributed by atoms with van der Waals surface area (Å²) in [5, 5.41) is 2.93. The fourth-order valence-electron chi connectivity index (χ4n) is 2.60. The second-order valence-electron chi connectivity index (χ2n) is 5.47. The van der Waals surface area contributed by atoms with E-state index in [-0.39, 0.29) is 5.91 Å². The molecular weight excluding hydrogens is 254 g/mol. The third-order valence-corrected chi connectivity index (χ3v) is 3.68. The van der Waals surface area contributed by atoms with E-state index in [0.717, 1.165) is 37.4 Å². The lowest BCUT2D eigenvalue weighted by Gasteiger charge is -2.16. The Morgan fingerprint density at radius 2 is 2.35 bits per heavy atom. The molecule has 0 bridgehead atoms. The molecular formula is C15H23N3O2. The molecule has 0 aromatic heterocycles. The molecule has 1 saturated heterocycles. The molecule has 0 aliphatic carbocycles. The molecule has 0 spiro atoms. The van der Waals surface area contributed by atoms with Crippen molar-refractivity contribution in [1.82, 2.24) is 4.90 Å². The van der Waals surface area contributed by atoms with Gasteiger partial charge in [-0.05, 0) is 43.5 Å². The largest absolute Gasteiger partial charge is 0.399 e. The average molecular weight is 277 g/mol. The highest BCUT2D eigenvalue weighted by Gasteiger charge is 2.23. The monoisotopic (exact) mass is 277 g/mol. The highest BCUT2D eigenvalue weighted by molar-refractivity contribution is 5.93. The molecule has 5 heteroatoms. The number of hydrogen-bond donors (Lipinski definition) is 2. The van der Waals surface area contributed by atoms with Gasteiger partial charge in [0.05, 0.1) is 13.2 Å². The fourth-order valence-corrected chi connectivity index (χ4v) is 2.60. The number of ether oxygens (including phenoxy) is 1. The Bertz CT molecular complexity index is 476. The average Bonchev–Trinajstić information content (AvgIpc) is 2.81. The first-order valence-electron chi connectivity index (χ1n) is 6.95. The van der Waals surface area contributed by atoms with Gasteiger partial charge in [-0.25, -0.2) is 0 Å². The first-order chi connectivity index (χ1) is 9.58. The minimum atomic E-state index is 0.0109. The van der Waals surface area contributed by atoms with E-state index >= 15 is 0 Å². The topological polar surface area (TPSA) is 67.6 Å². The molecule has 1 fully saturated rings. The molecule has 1 aliphatic rings. The Morgan fingerprint density at radius 3 is 3.10 bits per heavy atom. The van der Waals surface area contributed by atoms with Gasteiger partial charge in [0.25, 0.3) is 0 Å². The van der Waals surface area contributed by atoms with Crippen LogP contribution in [-0.4, -0.2) is 44.2 Å². The van der Waals surface area contributed by atoms with Crippen LogP contribution in [0.1, 0.15) is 12.0 Å². The van der Waals surface area contributed by atoms with Crippen LogP contribution in [0.4, 0.5) is 11.4 Å². The second-order valence-corrected chi connectivity index (χ2v) is 5.47. The number of rotatable bonds is 5. The van der Waals surface area contributed by atoms with Crippen LogP contribution < -0.4 is 11.1 Å². The van der Waals surface area contributed by atoms with Gasteiger partial charge in [-0.1, -0.05) is 6.07 Å². The number of benzene rings is 1. The second kappa shape index (κ2) is 6.72. The minimum absolute atomic E-state index is 0.0109. The van der Waals surface area contributed by atoms with Crippen LogP contribution >= 0.6 is 0 Å². The molecule has 1 unspecified atom stereocenters. The van der Waals surface area contributed by atoms with Gasteiger partial charge in [0.1, 0.15) is 0 Å². The van der Waals surface area contributed by atoms with E-state index in [2.05, 4.69) is 10.2 Å². The summed E-state index contributed by atoms with van der Waals surface area (Å²) in [6, 6.07) is 5.54. The van der Waals surface area contributed by atoms with Crippen molar-refractivity contribution in [2.24, 2.45) is 5.92 Å². The van der Waals surface area contributed by atoms with Crippen LogP contribution in [-0.2, 0) is 9.53 Å². The van der Waals surface area contributed by atoms with E-state index in [1.54, 1.807) is 13.2 Å². The van der Waals surface area contributed by atoms with Gasteiger partial charge in [0.2, 0.25) is 5.91 Å². The van der Waals surface area contributed by atoms with Crippen molar-refractivity contribution in [2.45, 2.75) is 13.3 Å². The molecule has 5 nitrogen and oxygen atoms in total. The van der Waals surface area contributed by atoms with Gasteiger partial charge < -0.3 is 15.8 Å². The van der Waals surface area contributed by atoms with Crippen molar-refractivity contribution in [1.29, 1.82) is 0 Å². The Balaban J connectivity index is 1.85. The maximum atomic E-state index is 12.1. The van der Waals surface area contributed by atoms with Crippen LogP contribution in [0.15, 0.2) is 18.2 Å². The van der Waals surface area contributed by atoms with E-state index in [1.165, 1.54) is 0 Å². The maximum Gasteiger partial charge on any atom is 0.238 e. The van der Waals surface area contributed by atoms with Gasteiger partial charge in [0, 0.05) is 25.0 Å². The summed E-state index contributed by atoms with van der Waals surface area (Å²) in [6.07, 6.45) is 1.10. The summed E-state index contributed by atoms with van der Waals surface area (Å²) < 4.78 is 5.16. The normalized spacial score (nSPS) is 19.2. The Hall–Kier alpha value is -1.59. The summed E-state index contributed by atoms with van der Waals surface area (Å²) >= 11 is 0. The van der Waals surface area contributed by atoms with E-state index in [0.29, 0.717) is 18.2 Å². The number of nitrogens with one attached hydrogen (secondary N) is 1. The number of amides is 1. The molecule has 0 saturated carbocycles. The van der Waals surface area contributed by atoms with Crippen molar-refractivity contribution in [3.8, 4) is 0 Å². The lowest BCUT2D eigenvalue weighted by Crippen LogP contribution is -2.32. The first-order valence-corrected chi connectivity index (χ1v) is 6.95. The minimum Gasteiger partial charge on any atom is -0.399 e. The summed E-state index contributed by atoms with van der Waals surface area (Å²) in [5.74, 6) is 0.554. The SMILES string of the molecule is COCC1CCN(CC(=O)Nc2cc(N)ccc2C)C1. The molecule has 1 aliphatic heterocycles. The number of likely N-dealkylation sites (tertiary alicyclic amines) is 1. The predicted octanol–water partition coefficient (Wildman–Crippen LogP) is 1.48. The zero-order valence-electron chi connectivity index (χ0n) is 12.2. The van der Waals surface area contributed by atoms with E-state index < -0.39 is 0 Å². The third-order valence-electron chi connectivity index (χ3n) is 3.68. The van der Waals surface area contributed by atoms with E-state index in [4.69, 9.17) is 10.5 Å². The standard InChI is InChI=1S/C15H23N3O2/c1-11-3-4-13(16)7-14(11)17-15(19)9-18-6-5-12(8-18)10-20-2/h3-4,7,12H,5-6,8-10,16H2,1-2H3,(H,17,19). The smallest absolute Gasteiger partial charge is 0.238 e. The van der Waals surface area contributed by atoms with Gasteiger partial charge in [-0.15, -0.1) is 0 Å². The van der Waals surface area contributed by atoms with Crippen LogP contribution in [0.2, 0.25) is 0 Å². The quantitative estimate of drug-likeness (QED) is 0.800. The third kappa shape index (κ3) is 3.95. The molecule has 3 N–H and O–H groups in total. The molecule has 1 aromatic rings. The molecule has 1 amide bonds. The predicted molar refractivity (Wildman–Crippen MR) is 80.6 cm³/mol. The van der Waals surface area contributed by atoms with E-state index in [1.807, 2.05) is 19.1 Å². The Labute approximate surface area is 120 Å². The number of carbonyl (C=O) groups is 1. The molecule has 110 valence electrons. The Kier molecular flexibility index (Phi) is 4.98. The summed E-state index contributed by atoms with van der Waals surface area (Å²) in [6.45, 7) is 5.04. The van der Waals surface area contributed by atoms with Crippen molar-refractivity contribution in [3.05, 3.63) is 23.8 Å². The summed E-state index contributed by atoms with van der Waals surface area (Å²) in [5.41, 5.74) is 8.22. The molecule has 20 heavy (non-hydrogen) atoms. The van der Waals surface area contributed by atoms with Crippen molar-refractivity contribution in [3.63, 3.8) is 0 Å². The van der Waals surface area contributed by atoms with Crippen molar-refractivity contribution in [2.75, 3.05) is 44.4 Å². The zero-order valence-corrected chi connectivity index (χ0v) is 12.2. The lowest BCUT2D eigenvalue weighted by atomic mass is 10.1. The van der Waals surface area contributed by atoms with Crippen LogP contribution in [0, 0.1) is 12.8 Å². The number of nitrogens with zero attached hydrogens (tertiary/aromatic N) is 1. The zero-order chi connectivity index (χ0) is 14.5. The van der Waals surface area contributed by atoms with Crippen LogP contribution in [0.3, 0.4) is 0 Å². The molecule has 0 radical (unpaired) electrons. The molecule has 1 heterocycles. The number of anilines is 2. The van der Waals surface area contributed by atoms with Gasteiger partial charge in [-0.2, -0.15) is 0 Å². The number of methoxy groups -OCH3 is 1. The summed E-state index contributed by atoms with van der Waals surface area (Å²) in [4.78, 5) is 14.2. The number of nitrogens with two attached hydrogens (primary N) is 1. The highest BCUT2D eigenvalue weighted by Crippen LogP contribution is 2.19. The molecule has 1 aromatic carbocycles. The molecule has 1 atom stereocenters. The van der Waals surface area contributed by atoms with Crippen LogP contribution in [0.5, 0.6) is 0 Å². The number of aryl methyl sites for hydroxylation is 1. The van der Waals surface area contributed by atoms with Crippen molar-refractivity contribution >= 4 is 17.3 Å². The lowest BCUT2D eigenvalue weighted by molar-refractivity contribution is -0.117. The highest BCUT2D eigenvalue weighted by atomic mass is 16.5. The van der Waals surface area contributed by atoms with E-state index in [9.17, 15) is 4.79 Å². The number of carbonyl (C=O) groups excluding carboxylic acids is 1. The Morgan fingerprint density at radius 1 is 1.55 bits per heavy atom. The summed E-state index contributed by atoms with van der Waals surface area (Å²) in [7, 11) is 1.72. The first kappa shape index (κ1) is 14.8.